The van der Waals surface area contributed by atoms with E-state index in [1.165, 1.54) is 24.3 Å². The van der Waals surface area contributed by atoms with E-state index in [2.05, 4.69) is 10.4 Å². The van der Waals surface area contributed by atoms with Crippen molar-refractivity contribution < 1.29 is 19.1 Å². The van der Waals surface area contributed by atoms with E-state index in [-0.39, 0.29) is 17.8 Å². The van der Waals surface area contributed by atoms with Gasteiger partial charge in [-0.3, -0.25) is 14.4 Å². The first-order chi connectivity index (χ1) is 12.0. The minimum atomic E-state index is -0.844. The van der Waals surface area contributed by atoms with Gasteiger partial charge in [0.15, 0.2) is 0 Å². The fourth-order valence-corrected chi connectivity index (χ4v) is 2.20. The number of unbranched alkanes of at least 4 members (excludes halogenated alkanes) is 2. The Morgan fingerprint density at radius 1 is 1.12 bits per heavy atom. The number of aromatic nitrogens is 2. The largest absolute Gasteiger partial charge is 0.481 e. The summed E-state index contributed by atoms with van der Waals surface area (Å²) in [5.74, 6) is -1.94. The molecule has 0 atom stereocenters. The molecule has 0 saturated carbocycles. The molecule has 1 aromatic carbocycles. The van der Waals surface area contributed by atoms with E-state index in [9.17, 15) is 18.8 Å². The van der Waals surface area contributed by atoms with Crippen molar-refractivity contribution in [2.45, 2.75) is 25.7 Å². The third-order valence-electron chi connectivity index (χ3n) is 3.47. The summed E-state index contributed by atoms with van der Waals surface area (Å²) < 4.78 is 14.7. The highest BCUT2D eigenvalue weighted by atomic mass is 19.1. The van der Waals surface area contributed by atoms with Crippen LogP contribution in [-0.2, 0) is 4.79 Å². The summed E-state index contributed by atoms with van der Waals surface area (Å²) in [6.07, 6.45) is 1.95. The molecule has 2 rings (SSSR count). The average molecular weight is 347 g/mol. The number of halogens is 1. The van der Waals surface area contributed by atoms with Crippen molar-refractivity contribution >= 4 is 11.9 Å². The predicted molar refractivity (Wildman–Crippen MR) is 88.2 cm³/mol. The molecule has 0 aliphatic heterocycles. The third-order valence-corrected chi connectivity index (χ3v) is 3.47. The Balaban J connectivity index is 1.99. The first-order valence-corrected chi connectivity index (χ1v) is 7.84. The minimum absolute atomic E-state index is 0.00612. The van der Waals surface area contributed by atoms with Gasteiger partial charge in [0, 0.05) is 19.0 Å². The van der Waals surface area contributed by atoms with Gasteiger partial charge in [-0.25, -0.2) is 4.39 Å². The zero-order valence-electron chi connectivity index (χ0n) is 13.4. The maximum absolute atomic E-state index is 13.8. The summed E-state index contributed by atoms with van der Waals surface area (Å²) >= 11 is 0. The first-order valence-electron chi connectivity index (χ1n) is 7.84. The molecule has 1 aromatic heterocycles. The lowest BCUT2D eigenvalue weighted by Gasteiger charge is -2.08. The molecule has 132 valence electrons. The predicted octanol–water partition coefficient (Wildman–Crippen LogP) is 1.75. The number of carboxylic acid groups (broad SMARTS) is 1. The van der Waals surface area contributed by atoms with Crippen molar-refractivity contribution in [2.75, 3.05) is 6.54 Å². The maximum Gasteiger partial charge on any atom is 0.303 e. The minimum Gasteiger partial charge on any atom is -0.481 e. The number of hydrogen-bond acceptors (Lipinski definition) is 4. The Morgan fingerprint density at radius 2 is 1.88 bits per heavy atom. The van der Waals surface area contributed by atoms with Crippen LogP contribution >= 0.6 is 0 Å². The number of carbonyl (C=O) groups excluding carboxylic acids is 1. The molecule has 25 heavy (non-hydrogen) atoms. The summed E-state index contributed by atoms with van der Waals surface area (Å²) in [4.78, 5) is 34.4. The number of para-hydroxylation sites is 1. The summed E-state index contributed by atoms with van der Waals surface area (Å²) in [7, 11) is 0. The lowest BCUT2D eigenvalue weighted by Crippen LogP contribution is -2.29. The molecular formula is C17H18FN3O4. The number of nitrogens with one attached hydrogen (secondary N) is 1. The highest BCUT2D eigenvalue weighted by Crippen LogP contribution is 2.09. The highest BCUT2D eigenvalue weighted by Gasteiger charge is 2.12. The molecule has 0 radical (unpaired) electrons. The second-order valence-corrected chi connectivity index (χ2v) is 5.38. The van der Waals surface area contributed by atoms with Gasteiger partial charge in [0.25, 0.3) is 11.5 Å². The van der Waals surface area contributed by atoms with Crippen LogP contribution in [0.15, 0.2) is 41.2 Å². The summed E-state index contributed by atoms with van der Waals surface area (Å²) in [5.41, 5.74) is -0.584. The topological polar surface area (TPSA) is 101 Å². The Morgan fingerprint density at radius 3 is 2.60 bits per heavy atom. The number of hydrogen-bond donors (Lipinski definition) is 2. The van der Waals surface area contributed by atoms with Gasteiger partial charge >= 0.3 is 5.97 Å². The molecule has 1 heterocycles. The van der Waals surface area contributed by atoms with Gasteiger partial charge in [0.1, 0.15) is 17.2 Å². The van der Waals surface area contributed by atoms with Crippen LogP contribution in [0.25, 0.3) is 5.69 Å². The second kappa shape index (κ2) is 8.72. The fraction of sp³-hybridized carbons (Fsp3) is 0.294. The Kier molecular flexibility index (Phi) is 6.39. The SMILES string of the molecule is O=C(O)CCCCCNC(=O)c1ccc(=O)n(-c2ccccc2F)n1. The van der Waals surface area contributed by atoms with Crippen LogP contribution in [0.4, 0.5) is 4.39 Å². The number of nitrogens with zero attached hydrogens (tertiary/aromatic N) is 2. The van der Waals surface area contributed by atoms with E-state index in [0.29, 0.717) is 25.8 Å². The standard InChI is InChI=1S/C17H18FN3O4/c18-12-6-3-4-7-14(12)21-15(22)10-9-13(20-21)17(25)19-11-5-1-2-8-16(23)24/h3-4,6-7,9-10H,1-2,5,8,11H2,(H,19,25)(H,23,24). The van der Waals surface area contributed by atoms with Gasteiger partial charge in [0.2, 0.25) is 0 Å². The smallest absolute Gasteiger partial charge is 0.303 e. The van der Waals surface area contributed by atoms with Crippen LogP contribution in [0.2, 0.25) is 0 Å². The van der Waals surface area contributed by atoms with Gasteiger partial charge in [-0.1, -0.05) is 18.6 Å². The van der Waals surface area contributed by atoms with Crippen molar-refractivity contribution in [3.63, 3.8) is 0 Å². The van der Waals surface area contributed by atoms with Crippen LogP contribution < -0.4 is 10.9 Å². The molecule has 2 aromatic rings. The zero-order valence-corrected chi connectivity index (χ0v) is 13.4. The monoisotopic (exact) mass is 347 g/mol. The van der Waals surface area contributed by atoms with Crippen molar-refractivity contribution in [2.24, 2.45) is 0 Å². The quantitative estimate of drug-likeness (QED) is 0.709. The van der Waals surface area contributed by atoms with Gasteiger partial charge in [-0.15, -0.1) is 0 Å². The van der Waals surface area contributed by atoms with Crippen LogP contribution in [0, 0.1) is 5.82 Å². The van der Waals surface area contributed by atoms with Crippen molar-refractivity contribution in [3.05, 3.63) is 58.3 Å². The van der Waals surface area contributed by atoms with Crippen LogP contribution in [-0.4, -0.2) is 33.3 Å². The van der Waals surface area contributed by atoms with Crippen molar-refractivity contribution in [3.8, 4) is 5.69 Å². The molecule has 0 fully saturated rings. The average Bonchev–Trinajstić information content (AvgIpc) is 2.58. The molecular weight excluding hydrogens is 329 g/mol. The van der Waals surface area contributed by atoms with E-state index in [0.717, 1.165) is 10.7 Å². The maximum atomic E-state index is 13.8. The van der Waals surface area contributed by atoms with Gasteiger partial charge in [-0.05, 0) is 31.0 Å². The number of carboxylic acids is 1. The number of carbonyl (C=O) groups is 2. The molecule has 0 unspecified atom stereocenters. The van der Waals surface area contributed by atoms with Crippen molar-refractivity contribution in [1.29, 1.82) is 0 Å². The molecule has 0 bridgehead atoms. The van der Waals surface area contributed by atoms with Crippen LogP contribution in [0.3, 0.4) is 0 Å². The summed E-state index contributed by atoms with van der Waals surface area (Å²) in [6.45, 7) is 0.360. The van der Waals surface area contributed by atoms with Gasteiger partial charge < -0.3 is 10.4 Å². The van der Waals surface area contributed by atoms with Gasteiger partial charge in [-0.2, -0.15) is 9.78 Å². The third kappa shape index (κ3) is 5.23. The number of aliphatic carboxylic acids is 1. The zero-order chi connectivity index (χ0) is 18.2. The van der Waals surface area contributed by atoms with Crippen LogP contribution in [0.1, 0.15) is 36.2 Å². The van der Waals surface area contributed by atoms with Gasteiger partial charge in [0.05, 0.1) is 0 Å². The molecule has 7 nitrogen and oxygen atoms in total. The van der Waals surface area contributed by atoms with E-state index in [4.69, 9.17) is 5.11 Å². The summed E-state index contributed by atoms with van der Waals surface area (Å²) in [5, 5.41) is 15.1. The Bertz CT molecular complexity index is 820. The van der Waals surface area contributed by atoms with E-state index in [1.807, 2.05) is 0 Å². The van der Waals surface area contributed by atoms with E-state index >= 15 is 0 Å². The molecule has 1 amide bonds. The fourth-order valence-electron chi connectivity index (χ4n) is 2.20. The highest BCUT2D eigenvalue weighted by molar-refractivity contribution is 5.92. The normalized spacial score (nSPS) is 10.4. The lowest BCUT2D eigenvalue weighted by molar-refractivity contribution is -0.137. The van der Waals surface area contributed by atoms with E-state index in [1.54, 1.807) is 6.07 Å². The Hall–Kier alpha value is -3.03. The molecule has 0 saturated heterocycles. The molecule has 2 N–H and O–H groups in total. The summed E-state index contributed by atoms with van der Waals surface area (Å²) in [6, 6.07) is 8.09. The number of amides is 1. The molecule has 0 aliphatic rings. The first kappa shape index (κ1) is 18.3. The lowest BCUT2D eigenvalue weighted by atomic mass is 10.2. The molecule has 8 heteroatoms. The Labute approximate surface area is 143 Å². The molecule has 0 spiro atoms. The number of benzene rings is 1. The van der Waals surface area contributed by atoms with Crippen molar-refractivity contribution in [1.82, 2.24) is 15.1 Å². The van der Waals surface area contributed by atoms with E-state index < -0.39 is 23.3 Å². The van der Waals surface area contributed by atoms with Crippen LogP contribution in [0.5, 0.6) is 0 Å². The second-order valence-electron chi connectivity index (χ2n) is 5.38. The number of rotatable bonds is 8. The molecule has 0 aliphatic carbocycles.